The van der Waals surface area contributed by atoms with Gasteiger partial charge in [-0.2, -0.15) is 0 Å². The normalized spacial score (nSPS) is 16.5. The smallest absolute Gasteiger partial charge is 0.148 e. The molecule has 2 rings (SSSR count). The highest BCUT2D eigenvalue weighted by atomic mass is 35.8. The lowest BCUT2D eigenvalue weighted by molar-refractivity contribution is 1.05. The van der Waals surface area contributed by atoms with E-state index in [1.807, 2.05) is 0 Å². The molecule has 0 N–H and O–H groups in total. The molecule has 0 fully saturated rings. The summed E-state index contributed by atoms with van der Waals surface area (Å²) in [4.78, 5) is 0. The molecule has 0 amide bonds. The van der Waals surface area contributed by atoms with Crippen molar-refractivity contribution in [2.45, 2.75) is 113 Å². The first-order valence-corrected chi connectivity index (χ1v) is 29.3. The quantitative estimate of drug-likeness (QED) is 0.109. The van der Waals surface area contributed by atoms with Gasteiger partial charge in [-0.25, -0.2) is 0 Å². The van der Waals surface area contributed by atoms with Gasteiger partial charge in [-0.1, -0.05) is 87.3 Å². The van der Waals surface area contributed by atoms with Crippen LogP contribution in [0.25, 0.3) is 0 Å². The molecule has 0 bridgehead atoms. The molecule has 2 aliphatic rings. The standard InChI is InChI=1S/C12H20Cl4Si2.C7H12.C6H10.Cl3HSi.Cl2Si/c1-5-9-10(6-2)18(15,16)12(8-4)11(7-3)17(9,13)14;1-3-6-5-7(6)4-2;1-3-5-6-4-2;1-4(2)3;1-3-2/h5-8H2,1-4H3;3-5H2,1-2H3;3-4H2,1-2H3;4H;. The molecule has 0 spiro atoms. The van der Waals surface area contributed by atoms with Crippen LogP contribution in [0.1, 0.15) is 113 Å². The van der Waals surface area contributed by atoms with Gasteiger partial charge in [0.15, 0.2) is 0 Å². The highest BCUT2D eigenvalue weighted by Crippen LogP contribution is 2.51. The minimum Gasteiger partial charge on any atom is -0.148 e. The molecule has 222 valence electrons. The van der Waals surface area contributed by atoms with E-state index in [0.29, 0.717) is 0 Å². The molecule has 0 atom stereocenters. The Morgan fingerprint density at radius 3 is 0.895 bits per heavy atom. The van der Waals surface area contributed by atoms with Crippen LogP contribution in [-0.2, 0) is 0 Å². The van der Waals surface area contributed by atoms with Crippen LogP contribution in [0.2, 0.25) is 0 Å². The minimum absolute atomic E-state index is 0.0278. The van der Waals surface area contributed by atoms with E-state index in [0.717, 1.165) is 38.5 Å². The number of halogens is 9. The minimum atomic E-state index is -2.54. The Bertz CT molecular complexity index is 719. The second-order valence-corrected chi connectivity index (χ2v) is 28.9. The van der Waals surface area contributed by atoms with Crippen molar-refractivity contribution >= 4 is 128 Å². The third-order valence-corrected chi connectivity index (χ3v) is 17.4. The highest BCUT2D eigenvalue weighted by molar-refractivity contribution is 7.57. The molecule has 0 aromatic rings. The molecule has 38 heavy (non-hydrogen) atoms. The second kappa shape index (κ2) is 25.7. The Hall–Kier alpha value is 2.26. The first-order valence-electron chi connectivity index (χ1n) is 13.0. The van der Waals surface area contributed by atoms with E-state index in [1.165, 1.54) is 40.0 Å². The van der Waals surface area contributed by atoms with Crippen LogP contribution in [0, 0.1) is 11.8 Å². The van der Waals surface area contributed by atoms with E-state index in [4.69, 9.17) is 99.7 Å². The molecule has 2 radical (unpaired) electrons. The maximum atomic E-state index is 6.77. The van der Waals surface area contributed by atoms with Gasteiger partial charge in [-0.15, -0.1) is 112 Å². The molecule has 0 unspecified atom stereocenters. The first-order chi connectivity index (χ1) is 17.7. The molecule has 0 aromatic heterocycles. The zero-order valence-electron chi connectivity index (χ0n) is 23.8. The number of hydrogen-bond donors (Lipinski definition) is 0. The van der Waals surface area contributed by atoms with Crippen molar-refractivity contribution < 1.29 is 0 Å². The molecular formula is C25H43Cl9Si4. The topological polar surface area (TPSA) is 0 Å². The Labute approximate surface area is 282 Å². The van der Waals surface area contributed by atoms with Gasteiger partial charge in [0.2, 0.25) is 0 Å². The van der Waals surface area contributed by atoms with Crippen molar-refractivity contribution in [2.75, 3.05) is 0 Å². The lowest BCUT2D eigenvalue weighted by Crippen LogP contribution is -2.43. The number of allylic oxidation sites excluding steroid dienone is 6. The predicted molar refractivity (Wildman–Crippen MR) is 193 cm³/mol. The van der Waals surface area contributed by atoms with E-state index >= 15 is 0 Å². The molecule has 1 aliphatic heterocycles. The van der Waals surface area contributed by atoms with Gasteiger partial charge in [0.25, 0.3) is 8.14 Å². The van der Waals surface area contributed by atoms with Crippen molar-refractivity contribution in [1.29, 1.82) is 0 Å². The molecule has 0 nitrogen and oxygen atoms in total. The third kappa shape index (κ3) is 17.4. The fraction of sp³-hybridized carbons (Fsp3) is 0.680. The Kier molecular flexibility index (Phi) is 30.3. The fourth-order valence-electron chi connectivity index (χ4n) is 4.08. The van der Waals surface area contributed by atoms with Crippen LogP contribution >= 0.6 is 99.7 Å². The molecule has 1 aliphatic carbocycles. The van der Waals surface area contributed by atoms with Crippen LogP contribution in [0.15, 0.2) is 31.9 Å². The zero-order valence-corrected chi connectivity index (χ0v) is 34.8. The van der Waals surface area contributed by atoms with Crippen LogP contribution in [0.3, 0.4) is 0 Å². The lowest BCUT2D eigenvalue weighted by atomic mass is 10.3. The summed E-state index contributed by atoms with van der Waals surface area (Å²) < 4.78 is 0. The van der Waals surface area contributed by atoms with Crippen molar-refractivity contribution in [1.82, 2.24) is 0 Å². The molecule has 1 heterocycles. The molecular weight excluding hydrogens is 732 g/mol. The van der Waals surface area contributed by atoms with Gasteiger partial charge in [-0.3, -0.25) is 0 Å². The summed E-state index contributed by atoms with van der Waals surface area (Å²) in [5.74, 6) is 5.90. The summed E-state index contributed by atoms with van der Waals surface area (Å²) >= 11 is 51.5. The molecule has 0 aromatic carbocycles. The molecule has 13 heteroatoms. The summed E-state index contributed by atoms with van der Waals surface area (Å²) in [7, 11) is 0.0278. The third-order valence-electron chi connectivity index (χ3n) is 5.79. The summed E-state index contributed by atoms with van der Waals surface area (Å²) in [5, 5.41) is 4.66. The average molecular weight is 775 g/mol. The Morgan fingerprint density at radius 1 is 0.579 bits per heavy atom. The van der Waals surface area contributed by atoms with Crippen LogP contribution in [0.4, 0.5) is 0 Å². The van der Waals surface area contributed by atoms with E-state index in [9.17, 15) is 0 Å². The summed E-state index contributed by atoms with van der Waals surface area (Å²) in [5.41, 5.74) is 3.42. The fourth-order valence-corrected chi connectivity index (χ4v) is 18.9. The summed E-state index contributed by atoms with van der Waals surface area (Å²) in [6.45, 7) is 10.2. The maximum Gasteiger partial charge on any atom is 0.326 e. The molecule has 0 saturated carbocycles. The average Bonchev–Trinajstić information content (AvgIpc) is 3.63. The van der Waals surface area contributed by atoms with Crippen molar-refractivity contribution in [3.05, 3.63) is 31.9 Å². The number of hydrogen-bond acceptors (Lipinski definition) is 0. The van der Waals surface area contributed by atoms with Gasteiger partial charge < -0.3 is 0 Å². The van der Waals surface area contributed by atoms with Crippen molar-refractivity contribution in [2.24, 2.45) is 0 Å². The van der Waals surface area contributed by atoms with Gasteiger partial charge in [0.05, 0.1) is 0 Å². The number of rotatable bonds is 6. The predicted octanol–water partition coefficient (Wildman–Crippen LogP) is 13.0. The monoisotopic (exact) mass is 770 g/mol. The maximum absolute atomic E-state index is 6.77. The van der Waals surface area contributed by atoms with Crippen LogP contribution in [-0.4, -0.2) is 28.3 Å². The van der Waals surface area contributed by atoms with E-state index in [1.54, 1.807) is 11.1 Å². The van der Waals surface area contributed by atoms with Gasteiger partial charge in [-0.05, 0) is 44.9 Å². The zero-order chi connectivity index (χ0) is 30.5. The first kappa shape index (κ1) is 44.7. The van der Waals surface area contributed by atoms with Gasteiger partial charge in [0, 0.05) is 12.8 Å². The van der Waals surface area contributed by atoms with E-state index in [-0.39, 0.29) is 8.14 Å². The van der Waals surface area contributed by atoms with E-state index < -0.39 is 20.1 Å². The second-order valence-electron chi connectivity index (χ2n) is 7.95. The Balaban J connectivity index is -0.000000500. The largest absolute Gasteiger partial charge is 0.326 e. The molecule has 0 saturated heterocycles. The highest BCUT2D eigenvalue weighted by Gasteiger charge is 2.52. The van der Waals surface area contributed by atoms with Crippen LogP contribution in [0.5, 0.6) is 0 Å². The SMILES string of the molecule is CCC#CCC.CCC1=C(CC)C1.CCC1=C(CC)[Si](Cl)(Cl)C(CC)=C(CC)[Si]1(Cl)Cl.Cl[SiH](Cl)Cl.Cl[Si]Cl. The van der Waals surface area contributed by atoms with E-state index in [2.05, 4.69) is 67.2 Å². The van der Waals surface area contributed by atoms with Crippen molar-refractivity contribution in [3.8, 4) is 11.8 Å². The Morgan fingerprint density at radius 2 is 0.789 bits per heavy atom. The van der Waals surface area contributed by atoms with Crippen LogP contribution < -0.4 is 0 Å². The van der Waals surface area contributed by atoms with Gasteiger partial charge >= 0.3 is 20.1 Å². The summed E-state index contributed by atoms with van der Waals surface area (Å²) in [6.07, 6.45) is 9.36. The lowest BCUT2D eigenvalue weighted by Gasteiger charge is -2.39. The van der Waals surface area contributed by atoms with Gasteiger partial charge in [0.1, 0.15) is 0 Å². The van der Waals surface area contributed by atoms with Crippen molar-refractivity contribution in [3.63, 3.8) is 0 Å². The summed E-state index contributed by atoms with van der Waals surface area (Å²) in [6, 6.07) is 0.